The first-order chi connectivity index (χ1) is 9.13. The van der Waals surface area contributed by atoms with Gasteiger partial charge >= 0.3 is 0 Å². The maximum Gasteiger partial charge on any atom is 0.226 e. The summed E-state index contributed by atoms with van der Waals surface area (Å²) in [6.45, 7) is 0. The zero-order valence-corrected chi connectivity index (χ0v) is 12.7. The van der Waals surface area contributed by atoms with Crippen molar-refractivity contribution in [1.29, 1.82) is 0 Å². The van der Waals surface area contributed by atoms with Crippen molar-refractivity contribution in [3.63, 3.8) is 0 Å². The van der Waals surface area contributed by atoms with Crippen molar-refractivity contribution in [2.75, 3.05) is 0 Å². The second-order valence-corrected chi connectivity index (χ2v) is 6.10. The number of hydrogen-bond donors (Lipinski definition) is 1. The molecule has 1 atom stereocenters. The molecule has 0 aliphatic heterocycles. The van der Waals surface area contributed by atoms with E-state index in [1.807, 2.05) is 5.38 Å². The number of amides is 2. The summed E-state index contributed by atoms with van der Waals surface area (Å²) in [6, 6.07) is 0. The van der Waals surface area contributed by atoms with Crippen LogP contribution in [0.4, 0.5) is 0 Å². The van der Waals surface area contributed by atoms with Gasteiger partial charge in [0.1, 0.15) is 0 Å². The minimum atomic E-state index is -0.220. The third kappa shape index (κ3) is 6.89. The summed E-state index contributed by atoms with van der Waals surface area (Å²) in [5.74, 6) is -0.220. The van der Waals surface area contributed by atoms with E-state index in [0.717, 1.165) is 37.8 Å². The van der Waals surface area contributed by atoms with Crippen molar-refractivity contribution >= 4 is 46.9 Å². The van der Waals surface area contributed by atoms with Gasteiger partial charge in [0.15, 0.2) is 4.47 Å². The van der Waals surface area contributed by atoms with Gasteiger partial charge in [0.05, 0.1) is 11.1 Å². The van der Waals surface area contributed by atoms with Crippen LogP contribution in [0.1, 0.15) is 49.6 Å². The molecular formula is C12H16Cl2N2O2S. The average Bonchev–Trinajstić information content (AvgIpc) is 2.80. The predicted molar refractivity (Wildman–Crippen MR) is 77.6 cm³/mol. The molecule has 1 aromatic rings. The minimum absolute atomic E-state index is 0.0953. The molecule has 1 heterocycles. The number of thiazole rings is 1. The molecule has 19 heavy (non-hydrogen) atoms. The lowest BCUT2D eigenvalue weighted by Crippen LogP contribution is -2.20. The van der Waals surface area contributed by atoms with Gasteiger partial charge in [-0.25, -0.2) is 4.98 Å². The third-order valence-electron chi connectivity index (χ3n) is 2.65. The molecule has 0 bridgehead atoms. The molecule has 4 nitrogen and oxygen atoms in total. The van der Waals surface area contributed by atoms with Crippen LogP contribution in [0.25, 0.3) is 0 Å². The van der Waals surface area contributed by atoms with Gasteiger partial charge in [-0.3, -0.25) is 14.9 Å². The van der Waals surface area contributed by atoms with Gasteiger partial charge in [-0.15, -0.1) is 22.9 Å². The van der Waals surface area contributed by atoms with E-state index in [2.05, 4.69) is 10.3 Å². The van der Waals surface area contributed by atoms with Gasteiger partial charge in [-0.1, -0.05) is 30.9 Å². The Morgan fingerprint density at radius 3 is 2.79 bits per heavy atom. The molecule has 7 heteroatoms. The number of carbonyl (C=O) groups is 2. The number of nitrogens with one attached hydrogen (secondary N) is 1. The molecule has 1 N–H and O–H groups in total. The number of imide groups is 1. The summed E-state index contributed by atoms with van der Waals surface area (Å²) in [5.41, 5.74) is 0.835. The molecular weight excluding hydrogens is 307 g/mol. The molecule has 0 fully saturated rings. The van der Waals surface area contributed by atoms with Crippen LogP contribution in [0.3, 0.4) is 0 Å². The van der Waals surface area contributed by atoms with Crippen LogP contribution >= 0.6 is 34.5 Å². The van der Waals surface area contributed by atoms with Crippen molar-refractivity contribution in [3.05, 3.63) is 15.5 Å². The van der Waals surface area contributed by atoms with Crippen LogP contribution in [-0.2, 0) is 9.59 Å². The van der Waals surface area contributed by atoms with E-state index in [9.17, 15) is 9.59 Å². The van der Waals surface area contributed by atoms with Gasteiger partial charge in [-0.05, 0) is 12.8 Å². The smallest absolute Gasteiger partial charge is 0.226 e. The molecule has 0 aromatic carbocycles. The molecule has 0 aliphatic rings. The van der Waals surface area contributed by atoms with E-state index in [-0.39, 0.29) is 11.3 Å². The van der Waals surface area contributed by atoms with Crippen LogP contribution in [0, 0.1) is 0 Å². The van der Waals surface area contributed by atoms with E-state index >= 15 is 0 Å². The van der Waals surface area contributed by atoms with E-state index in [0.29, 0.717) is 17.3 Å². The Balaban J connectivity index is 2.04. The monoisotopic (exact) mass is 322 g/mol. The molecule has 0 aliphatic carbocycles. The molecule has 106 valence electrons. The molecule has 1 unspecified atom stereocenters. The lowest BCUT2D eigenvalue weighted by atomic mass is 10.1. The first kappa shape index (κ1) is 16.4. The standard InChI is InChI=1S/C12H16Cl2N2O2S/c13-9(10-7-19-12(14)16-10)5-3-1-2-4-6-11(18)15-8-17/h7-9H,1-6H2,(H,15,17,18). The highest BCUT2D eigenvalue weighted by Crippen LogP contribution is 2.29. The van der Waals surface area contributed by atoms with Crippen LogP contribution in [-0.4, -0.2) is 17.3 Å². The Morgan fingerprint density at radius 1 is 1.42 bits per heavy atom. The molecule has 0 saturated heterocycles. The second-order valence-electron chi connectivity index (χ2n) is 4.13. The number of halogens is 2. The van der Waals surface area contributed by atoms with Gasteiger partial charge in [0.25, 0.3) is 0 Å². The summed E-state index contributed by atoms with van der Waals surface area (Å²) >= 11 is 13.3. The Bertz CT molecular complexity index is 412. The van der Waals surface area contributed by atoms with E-state index in [4.69, 9.17) is 23.2 Å². The van der Waals surface area contributed by atoms with E-state index in [1.54, 1.807) is 0 Å². The zero-order valence-electron chi connectivity index (χ0n) is 10.4. The summed E-state index contributed by atoms with van der Waals surface area (Å²) in [4.78, 5) is 25.1. The van der Waals surface area contributed by atoms with Crippen molar-refractivity contribution in [2.24, 2.45) is 0 Å². The molecule has 1 aromatic heterocycles. The molecule has 0 spiro atoms. The number of unbranched alkanes of at least 4 members (excludes halogenated alkanes) is 3. The van der Waals surface area contributed by atoms with Crippen LogP contribution < -0.4 is 5.32 Å². The topological polar surface area (TPSA) is 59.1 Å². The summed E-state index contributed by atoms with van der Waals surface area (Å²) < 4.78 is 0.516. The summed E-state index contributed by atoms with van der Waals surface area (Å²) in [5, 5.41) is 3.90. The fourth-order valence-electron chi connectivity index (χ4n) is 1.66. The number of hydrogen-bond acceptors (Lipinski definition) is 4. The Labute approximate surface area is 126 Å². The lowest BCUT2D eigenvalue weighted by molar-refractivity contribution is -0.125. The fraction of sp³-hybridized carbons (Fsp3) is 0.583. The fourth-order valence-corrected chi connectivity index (χ4v) is 2.82. The quantitative estimate of drug-likeness (QED) is 0.428. The second kappa shape index (κ2) is 9.28. The molecule has 0 radical (unpaired) electrons. The molecule has 2 amide bonds. The first-order valence-electron chi connectivity index (χ1n) is 6.11. The van der Waals surface area contributed by atoms with Gasteiger partial charge in [-0.2, -0.15) is 0 Å². The third-order valence-corrected chi connectivity index (χ3v) is 4.08. The van der Waals surface area contributed by atoms with Gasteiger partial charge in [0, 0.05) is 11.8 Å². The number of alkyl halides is 1. The van der Waals surface area contributed by atoms with Crippen LogP contribution in [0.2, 0.25) is 4.47 Å². The average molecular weight is 323 g/mol. The first-order valence-corrected chi connectivity index (χ1v) is 7.81. The van der Waals surface area contributed by atoms with Crippen molar-refractivity contribution in [2.45, 2.75) is 43.9 Å². The van der Waals surface area contributed by atoms with Crippen molar-refractivity contribution in [1.82, 2.24) is 10.3 Å². The van der Waals surface area contributed by atoms with E-state index < -0.39 is 0 Å². The Morgan fingerprint density at radius 2 is 2.16 bits per heavy atom. The highest BCUT2D eigenvalue weighted by atomic mass is 35.5. The van der Waals surface area contributed by atoms with Crippen molar-refractivity contribution in [3.8, 4) is 0 Å². The molecule has 0 saturated carbocycles. The number of nitrogens with zero attached hydrogens (tertiary/aromatic N) is 1. The maximum absolute atomic E-state index is 11.0. The van der Waals surface area contributed by atoms with Crippen LogP contribution in [0.15, 0.2) is 5.38 Å². The number of rotatable bonds is 9. The number of aromatic nitrogens is 1. The summed E-state index contributed by atoms with van der Waals surface area (Å²) in [6.07, 6.45) is 5.39. The SMILES string of the molecule is O=CNC(=O)CCCCCCC(Cl)c1csc(Cl)n1. The number of carbonyl (C=O) groups excluding carboxylic acids is 2. The van der Waals surface area contributed by atoms with E-state index in [1.165, 1.54) is 11.3 Å². The highest BCUT2D eigenvalue weighted by molar-refractivity contribution is 7.14. The largest absolute Gasteiger partial charge is 0.299 e. The van der Waals surface area contributed by atoms with Crippen LogP contribution in [0.5, 0.6) is 0 Å². The minimum Gasteiger partial charge on any atom is -0.299 e. The Kier molecular flexibility index (Phi) is 8.02. The van der Waals surface area contributed by atoms with Gasteiger partial charge in [0.2, 0.25) is 12.3 Å². The zero-order chi connectivity index (χ0) is 14.1. The molecule has 1 rings (SSSR count). The predicted octanol–water partition coefficient (Wildman–Crippen LogP) is 3.69. The lowest BCUT2D eigenvalue weighted by Gasteiger charge is -2.06. The highest BCUT2D eigenvalue weighted by Gasteiger charge is 2.11. The normalized spacial score (nSPS) is 12.1. The van der Waals surface area contributed by atoms with Gasteiger partial charge < -0.3 is 0 Å². The maximum atomic E-state index is 11.0. The van der Waals surface area contributed by atoms with Crippen molar-refractivity contribution < 1.29 is 9.59 Å². The summed E-state index contributed by atoms with van der Waals surface area (Å²) in [7, 11) is 0. The Hall–Kier alpha value is -0.650.